The third-order valence-electron chi connectivity index (χ3n) is 5.21. The van der Waals surface area contributed by atoms with Crippen LogP contribution in [0.1, 0.15) is 69.6 Å². The molecular formula is C19H28O3. The van der Waals surface area contributed by atoms with Crippen LogP contribution in [-0.2, 0) is 19.3 Å². The molecule has 4 rings (SSSR count). The number of benzene rings is 1. The predicted molar refractivity (Wildman–Crippen MR) is 87.3 cm³/mol. The number of hydrogen-bond acceptors (Lipinski definition) is 3. The van der Waals surface area contributed by atoms with E-state index in [1.54, 1.807) is 0 Å². The SMILES string of the molecule is CCCCCc1cc2c3c(O)c1CC(O)(CCC(C)(C)C3)O2. The molecule has 0 spiro atoms. The number of phenolic OH excluding ortho intramolecular Hbond substituents is 1. The van der Waals surface area contributed by atoms with E-state index in [0.717, 1.165) is 42.4 Å². The van der Waals surface area contributed by atoms with Gasteiger partial charge < -0.3 is 14.9 Å². The molecule has 1 unspecified atom stereocenters. The Labute approximate surface area is 133 Å². The fourth-order valence-corrected chi connectivity index (χ4v) is 3.79. The average molecular weight is 304 g/mol. The fourth-order valence-electron chi connectivity index (χ4n) is 3.79. The second kappa shape index (κ2) is 5.45. The average Bonchev–Trinajstić information content (AvgIpc) is 2.63. The predicted octanol–water partition coefficient (Wildman–Crippen LogP) is 4.11. The van der Waals surface area contributed by atoms with Crippen molar-refractivity contribution in [2.45, 2.75) is 77.9 Å². The summed E-state index contributed by atoms with van der Waals surface area (Å²) in [4.78, 5) is 0. The number of aromatic hydroxyl groups is 1. The Hall–Kier alpha value is -1.22. The summed E-state index contributed by atoms with van der Waals surface area (Å²) in [5.41, 5.74) is 3.01. The minimum atomic E-state index is -1.17. The molecule has 4 bridgehead atoms. The first-order valence-electron chi connectivity index (χ1n) is 8.61. The van der Waals surface area contributed by atoms with Gasteiger partial charge in [-0.3, -0.25) is 0 Å². The first kappa shape index (κ1) is 15.7. The van der Waals surface area contributed by atoms with Crippen molar-refractivity contribution in [1.82, 2.24) is 0 Å². The number of phenols is 1. The molecule has 122 valence electrons. The summed E-state index contributed by atoms with van der Waals surface area (Å²) in [7, 11) is 0. The molecule has 3 heteroatoms. The van der Waals surface area contributed by atoms with Crippen LogP contribution in [0.5, 0.6) is 11.5 Å². The van der Waals surface area contributed by atoms with Gasteiger partial charge in [0.1, 0.15) is 11.5 Å². The summed E-state index contributed by atoms with van der Waals surface area (Å²) in [5.74, 6) is -0.100. The molecule has 3 aliphatic heterocycles. The molecule has 3 aliphatic rings. The minimum Gasteiger partial charge on any atom is -0.507 e. The highest BCUT2D eigenvalue weighted by molar-refractivity contribution is 5.56. The highest BCUT2D eigenvalue weighted by Gasteiger charge is 2.42. The van der Waals surface area contributed by atoms with Crippen molar-refractivity contribution >= 4 is 0 Å². The first-order chi connectivity index (χ1) is 10.3. The van der Waals surface area contributed by atoms with Crippen LogP contribution >= 0.6 is 0 Å². The zero-order valence-corrected chi connectivity index (χ0v) is 14.0. The Morgan fingerprint density at radius 3 is 2.64 bits per heavy atom. The third-order valence-corrected chi connectivity index (χ3v) is 5.21. The molecule has 0 aliphatic carbocycles. The van der Waals surface area contributed by atoms with Gasteiger partial charge in [-0.25, -0.2) is 0 Å². The summed E-state index contributed by atoms with van der Waals surface area (Å²) in [6, 6.07) is 2.07. The van der Waals surface area contributed by atoms with Crippen LogP contribution in [0.4, 0.5) is 0 Å². The van der Waals surface area contributed by atoms with Crippen LogP contribution in [0.3, 0.4) is 0 Å². The molecule has 2 N–H and O–H groups in total. The normalized spacial score (nSPS) is 25.5. The lowest BCUT2D eigenvalue weighted by Crippen LogP contribution is -2.39. The van der Waals surface area contributed by atoms with Crippen molar-refractivity contribution in [3.8, 4) is 11.5 Å². The van der Waals surface area contributed by atoms with Gasteiger partial charge in [0.15, 0.2) is 0 Å². The van der Waals surface area contributed by atoms with Crippen molar-refractivity contribution in [3.05, 3.63) is 22.8 Å². The molecule has 0 saturated heterocycles. The van der Waals surface area contributed by atoms with Crippen molar-refractivity contribution in [2.24, 2.45) is 5.41 Å². The number of unbranched alkanes of at least 4 members (excludes halogenated alkanes) is 2. The number of aryl methyl sites for hydroxylation is 1. The minimum absolute atomic E-state index is 0.0648. The molecule has 3 heterocycles. The van der Waals surface area contributed by atoms with E-state index in [2.05, 4.69) is 26.8 Å². The molecule has 0 saturated carbocycles. The third kappa shape index (κ3) is 2.83. The van der Waals surface area contributed by atoms with Gasteiger partial charge in [-0.1, -0.05) is 33.6 Å². The zero-order valence-electron chi connectivity index (χ0n) is 14.0. The van der Waals surface area contributed by atoms with E-state index in [1.807, 2.05) is 0 Å². The van der Waals surface area contributed by atoms with Crippen LogP contribution in [-0.4, -0.2) is 16.0 Å². The first-order valence-corrected chi connectivity index (χ1v) is 8.61. The Balaban J connectivity index is 2.04. The molecule has 1 aromatic carbocycles. The zero-order chi connectivity index (χ0) is 16.0. The number of hydrogen-bond donors (Lipinski definition) is 2. The maximum Gasteiger partial charge on any atom is 0.212 e. The van der Waals surface area contributed by atoms with Crippen LogP contribution < -0.4 is 4.74 Å². The molecule has 0 aromatic heterocycles. The Kier molecular flexibility index (Phi) is 3.88. The summed E-state index contributed by atoms with van der Waals surface area (Å²) >= 11 is 0. The second-order valence-corrected chi connectivity index (χ2v) is 7.86. The quantitative estimate of drug-likeness (QED) is 0.823. The van der Waals surface area contributed by atoms with E-state index in [0.29, 0.717) is 24.3 Å². The number of aliphatic hydroxyl groups is 1. The Bertz CT molecular complexity index is 577. The van der Waals surface area contributed by atoms with E-state index in [4.69, 9.17) is 4.74 Å². The maximum atomic E-state index is 10.9. The van der Waals surface area contributed by atoms with Crippen molar-refractivity contribution in [1.29, 1.82) is 0 Å². The molecule has 0 amide bonds. The lowest BCUT2D eigenvalue weighted by Gasteiger charge is -2.34. The Morgan fingerprint density at radius 1 is 1.14 bits per heavy atom. The molecule has 22 heavy (non-hydrogen) atoms. The topological polar surface area (TPSA) is 49.7 Å². The summed E-state index contributed by atoms with van der Waals surface area (Å²) < 4.78 is 5.95. The summed E-state index contributed by atoms with van der Waals surface area (Å²) in [6.45, 7) is 6.58. The van der Waals surface area contributed by atoms with Gasteiger partial charge in [0.05, 0.1) is 0 Å². The maximum absolute atomic E-state index is 10.9. The Morgan fingerprint density at radius 2 is 1.91 bits per heavy atom. The van der Waals surface area contributed by atoms with Gasteiger partial charge in [-0.15, -0.1) is 0 Å². The van der Waals surface area contributed by atoms with Crippen LogP contribution in [0.25, 0.3) is 0 Å². The highest BCUT2D eigenvalue weighted by Crippen LogP contribution is 2.48. The van der Waals surface area contributed by atoms with Gasteiger partial charge >= 0.3 is 0 Å². The number of rotatable bonds is 4. The molecular weight excluding hydrogens is 276 g/mol. The van der Waals surface area contributed by atoms with E-state index < -0.39 is 5.79 Å². The van der Waals surface area contributed by atoms with Crippen molar-refractivity contribution in [2.75, 3.05) is 0 Å². The summed E-state index contributed by atoms with van der Waals surface area (Å²) in [5, 5.41) is 21.7. The van der Waals surface area contributed by atoms with Gasteiger partial charge in [0.2, 0.25) is 5.79 Å². The summed E-state index contributed by atoms with van der Waals surface area (Å²) in [6.07, 6.45) is 7.15. The van der Waals surface area contributed by atoms with Gasteiger partial charge in [-0.05, 0) is 42.7 Å². The van der Waals surface area contributed by atoms with Gasteiger partial charge in [0.25, 0.3) is 0 Å². The van der Waals surface area contributed by atoms with E-state index in [1.165, 1.54) is 12.8 Å². The van der Waals surface area contributed by atoms with Crippen molar-refractivity contribution in [3.63, 3.8) is 0 Å². The lowest BCUT2D eigenvalue weighted by atomic mass is 9.80. The van der Waals surface area contributed by atoms with E-state index >= 15 is 0 Å². The monoisotopic (exact) mass is 304 g/mol. The number of fused-ring (bicyclic) bond motifs is 1. The highest BCUT2D eigenvalue weighted by atomic mass is 16.6. The molecule has 1 aromatic rings. The van der Waals surface area contributed by atoms with E-state index in [9.17, 15) is 10.2 Å². The van der Waals surface area contributed by atoms with Crippen LogP contribution in [0.2, 0.25) is 0 Å². The van der Waals surface area contributed by atoms with Crippen LogP contribution in [0.15, 0.2) is 6.07 Å². The van der Waals surface area contributed by atoms with Gasteiger partial charge in [-0.2, -0.15) is 0 Å². The van der Waals surface area contributed by atoms with Crippen molar-refractivity contribution < 1.29 is 14.9 Å². The second-order valence-electron chi connectivity index (χ2n) is 7.86. The number of ether oxygens (including phenoxy) is 1. The van der Waals surface area contributed by atoms with Gasteiger partial charge in [0, 0.05) is 24.0 Å². The smallest absolute Gasteiger partial charge is 0.212 e. The molecule has 0 fully saturated rings. The fraction of sp³-hybridized carbons (Fsp3) is 0.684. The standard InChI is InChI=1S/C19H28O3/c1-4-5-6-7-13-10-16-15-11-18(2,3)8-9-19(21,22-16)12-14(13)17(15)20/h10,20-21H,4-9,11-12H2,1-3H3. The lowest BCUT2D eigenvalue weighted by molar-refractivity contribution is -0.147. The van der Waals surface area contributed by atoms with Crippen LogP contribution in [0, 0.1) is 5.41 Å². The molecule has 0 radical (unpaired) electrons. The van der Waals surface area contributed by atoms with E-state index in [-0.39, 0.29) is 5.41 Å². The molecule has 3 nitrogen and oxygen atoms in total. The molecule has 1 atom stereocenters. The largest absolute Gasteiger partial charge is 0.507 e.